The number of unbranched alkanes of at least 4 members (excludes halogenated alkanes) is 8. The van der Waals surface area contributed by atoms with Gasteiger partial charge in [-0.05, 0) is 19.3 Å². The summed E-state index contributed by atoms with van der Waals surface area (Å²) in [6.07, 6.45) is 16.1. The highest BCUT2D eigenvalue weighted by Crippen LogP contribution is 2.24. The van der Waals surface area contributed by atoms with Gasteiger partial charge in [0.05, 0.1) is 0 Å². The monoisotopic (exact) mass is 313 g/mol. The Kier molecular flexibility index (Phi) is 14.7. The van der Waals surface area contributed by atoms with Crippen LogP contribution in [0.3, 0.4) is 0 Å². The summed E-state index contributed by atoms with van der Waals surface area (Å²) in [5, 5.41) is 0. The van der Waals surface area contributed by atoms with Crippen molar-refractivity contribution in [2.24, 2.45) is 11.7 Å². The summed E-state index contributed by atoms with van der Waals surface area (Å²) in [6.45, 7) is 6.47. The van der Waals surface area contributed by atoms with Crippen LogP contribution in [-0.4, -0.2) is 12.2 Å². The van der Waals surface area contributed by atoms with Crippen molar-refractivity contribution in [3.8, 4) is 0 Å². The third kappa shape index (κ3) is 14.2. The first kappa shape index (κ1) is 21.3. The molecule has 0 aromatic rings. The van der Waals surface area contributed by atoms with E-state index in [1.54, 1.807) is 0 Å². The number of carbonyl (C=O) groups is 1. The molecule has 0 aliphatic carbocycles. The summed E-state index contributed by atoms with van der Waals surface area (Å²) in [5.41, 5.74) is 5.12. The number of carbonyl (C=O) groups excluding carboxylic acids is 1. The van der Waals surface area contributed by atoms with E-state index in [4.69, 9.17) is 10.5 Å². The smallest absolute Gasteiger partial charge is 0.404 e. The number of nitrogens with two attached hydrogens (primary N) is 1. The molecule has 0 saturated carbocycles. The fourth-order valence-corrected chi connectivity index (χ4v) is 3.17. The Balaban J connectivity index is 3.96. The van der Waals surface area contributed by atoms with Crippen LogP contribution in [0.1, 0.15) is 104 Å². The Bertz CT molecular complexity index is 256. The molecule has 0 fully saturated rings. The average molecular weight is 314 g/mol. The van der Waals surface area contributed by atoms with Gasteiger partial charge in [-0.1, -0.05) is 90.9 Å². The van der Waals surface area contributed by atoms with Gasteiger partial charge in [-0.25, -0.2) is 4.79 Å². The van der Waals surface area contributed by atoms with Crippen LogP contribution < -0.4 is 5.73 Å². The van der Waals surface area contributed by atoms with Crippen LogP contribution in [0.5, 0.6) is 0 Å². The molecule has 0 aromatic heterocycles. The van der Waals surface area contributed by atoms with Crippen molar-refractivity contribution in [2.45, 2.75) is 110 Å². The molecule has 1 amide bonds. The van der Waals surface area contributed by atoms with E-state index >= 15 is 0 Å². The van der Waals surface area contributed by atoms with Gasteiger partial charge in [0.25, 0.3) is 0 Å². The molecule has 2 atom stereocenters. The second-order valence-electron chi connectivity index (χ2n) is 6.76. The minimum Gasteiger partial charge on any atom is -0.447 e. The molecule has 0 bridgehead atoms. The standard InChI is InChI=1S/C19H39NO2/c1-4-6-8-10-11-13-15-18(14-12-9-7-5-2)16-17(3)22-19(20)21/h17-18H,4-16H2,1-3H3,(H2,20,21). The van der Waals surface area contributed by atoms with E-state index in [0.717, 1.165) is 6.42 Å². The van der Waals surface area contributed by atoms with Crippen LogP contribution in [0.4, 0.5) is 4.79 Å². The normalized spacial score (nSPS) is 13.8. The number of amides is 1. The van der Waals surface area contributed by atoms with Crippen molar-refractivity contribution in [3.05, 3.63) is 0 Å². The summed E-state index contributed by atoms with van der Waals surface area (Å²) in [7, 11) is 0. The zero-order chi connectivity index (χ0) is 16.6. The molecule has 0 heterocycles. The van der Waals surface area contributed by atoms with Crippen molar-refractivity contribution >= 4 is 6.09 Å². The molecule has 0 aliphatic rings. The molecule has 3 heteroatoms. The van der Waals surface area contributed by atoms with Gasteiger partial charge in [-0.2, -0.15) is 0 Å². The van der Waals surface area contributed by atoms with Crippen molar-refractivity contribution in [1.82, 2.24) is 0 Å². The van der Waals surface area contributed by atoms with E-state index in [-0.39, 0.29) is 6.10 Å². The molecule has 22 heavy (non-hydrogen) atoms. The second-order valence-corrected chi connectivity index (χ2v) is 6.76. The maximum absolute atomic E-state index is 10.9. The molecule has 0 spiro atoms. The van der Waals surface area contributed by atoms with Crippen molar-refractivity contribution in [2.75, 3.05) is 0 Å². The van der Waals surface area contributed by atoms with E-state index in [2.05, 4.69) is 13.8 Å². The first-order chi connectivity index (χ1) is 10.6. The fourth-order valence-electron chi connectivity index (χ4n) is 3.17. The van der Waals surface area contributed by atoms with E-state index in [0.29, 0.717) is 5.92 Å². The minimum atomic E-state index is -0.642. The van der Waals surface area contributed by atoms with Gasteiger partial charge >= 0.3 is 6.09 Å². The summed E-state index contributed by atoms with van der Waals surface area (Å²) < 4.78 is 5.11. The number of rotatable bonds is 15. The highest BCUT2D eigenvalue weighted by Gasteiger charge is 2.15. The second kappa shape index (κ2) is 15.2. The maximum Gasteiger partial charge on any atom is 0.404 e. The number of ether oxygens (including phenoxy) is 1. The van der Waals surface area contributed by atoms with Crippen molar-refractivity contribution in [3.63, 3.8) is 0 Å². The number of hydrogen-bond donors (Lipinski definition) is 1. The third-order valence-electron chi connectivity index (χ3n) is 4.41. The van der Waals surface area contributed by atoms with Gasteiger partial charge in [-0.15, -0.1) is 0 Å². The molecular formula is C19H39NO2. The molecule has 132 valence electrons. The first-order valence-corrected chi connectivity index (χ1v) is 9.56. The van der Waals surface area contributed by atoms with Gasteiger partial charge in [0.1, 0.15) is 6.10 Å². The highest BCUT2D eigenvalue weighted by atomic mass is 16.6. The van der Waals surface area contributed by atoms with Crippen LogP contribution in [0.15, 0.2) is 0 Å². The molecule has 2 unspecified atom stereocenters. The van der Waals surface area contributed by atoms with Crippen LogP contribution in [0.25, 0.3) is 0 Å². The Hall–Kier alpha value is -0.730. The van der Waals surface area contributed by atoms with Crippen LogP contribution in [-0.2, 0) is 4.74 Å². The Morgan fingerprint density at radius 3 is 1.82 bits per heavy atom. The molecule has 2 N–H and O–H groups in total. The van der Waals surface area contributed by atoms with E-state index in [9.17, 15) is 4.79 Å². The Morgan fingerprint density at radius 2 is 1.32 bits per heavy atom. The maximum atomic E-state index is 10.9. The highest BCUT2D eigenvalue weighted by molar-refractivity contribution is 5.64. The lowest BCUT2D eigenvalue weighted by Crippen LogP contribution is -2.22. The van der Waals surface area contributed by atoms with E-state index in [1.165, 1.54) is 77.0 Å². The van der Waals surface area contributed by atoms with Gasteiger partial charge in [0, 0.05) is 0 Å². The topological polar surface area (TPSA) is 52.3 Å². The fraction of sp³-hybridized carbons (Fsp3) is 0.947. The predicted octanol–water partition coefficient (Wildman–Crippen LogP) is 6.20. The number of primary amides is 1. The summed E-state index contributed by atoms with van der Waals surface area (Å²) in [6, 6.07) is 0. The lowest BCUT2D eigenvalue weighted by molar-refractivity contribution is 0.0975. The van der Waals surface area contributed by atoms with Gasteiger partial charge in [0.15, 0.2) is 0 Å². The minimum absolute atomic E-state index is 0.0474. The summed E-state index contributed by atoms with van der Waals surface area (Å²) in [4.78, 5) is 10.9. The molecule has 0 aromatic carbocycles. The molecular weight excluding hydrogens is 274 g/mol. The van der Waals surface area contributed by atoms with E-state index < -0.39 is 6.09 Å². The lowest BCUT2D eigenvalue weighted by Gasteiger charge is -2.21. The van der Waals surface area contributed by atoms with Gasteiger partial charge in [0.2, 0.25) is 0 Å². The van der Waals surface area contributed by atoms with Gasteiger partial charge < -0.3 is 10.5 Å². The van der Waals surface area contributed by atoms with Gasteiger partial charge in [-0.3, -0.25) is 0 Å². The van der Waals surface area contributed by atoms with Crippen LogP contribution >= 0.6 is 0 Å². The van der Waals surface area contributed by atoms with Crippen LogP contribution in [0.2, 0.25) is 0 Å². The summed E-state index contributed by atoms with van der Waals surface area (Å²) >= 11 is 0. The molecule has 3 nitrogen and oxygen atoms in total. The molecule has 0 saturated heterocycles. The molecule has 0 aliphatic heterocycles. The number of hydrogen-bond acceptors (Lipinski definition) is 2. The lowest BCUT2D eigenvalue weighted by atomic mass is 9.90. The SMILES string of the molecule is CCCCCCCCC(CCCCCC)CC(C)OC(N)=O. The van der Waals surface area contributed by atoms with Crippen molar-refractivity contribution < 1.29 is 9.53 Å². The van der Waals surface area contributed by atoms with Crippen molar-refractivity contribution in [1.29, 1.82) is 0 Å². The zero-order valence-electron chi connectivity index (χ0n) is 15.2. The largest absolute Gasteiger partial charge is 0.447 e. The summed E-state index contributed by atoms with van der Waals surface area (Å²) in [5.74, 6) is 0.678. The quantitative estimate of drug-likeness (QED) is 0.366. The Morgan fingerprint density at radius 1 is 0.864 bits per heavy atom. The predicted molar refractivity (Wildman–Crippen MR) is 95.0 cm³/mol. The van der Waals surface area contributed by atoms with E-state index in [1.807, 2.05) is 6.92 Å². The average Bonchev–Trinajstić information content (AvgIpc) is 2.46. The Labute approximate surface area is 138 Å². The first-order valence-electron chi connectivity index (χ1n) is 9.56. The van der Waals surface area contributed by atoms with Crippen LogP contribution in [0, 0.1) is 5.92 Å². The zero-order valence-corrected chi connectivity index (χ0v) is 15.2. The molecule has 0 rings (SSSR count). The molecule has 0 radical (unpaired) electrons. The third-order valence-corrected chi connectivity index (χ3v) is 4.41.